The summed E-state index contributed by atoms with van der Waals surface area (Å²) in [7, 11) is 0. The molecule has 1 aliphatic rings. The van der Waals surface area contributed by atoms with Gasteiger partial charge in [0.25, 0.3) is 0 Å². The fourth-order valence-electron chi connectivity index (χ4n) is 2.73. The summed E-state index contributed by atoms with van der Waals surface area (Å²) in [6, 6.07) is 0. The van der Waals surface area contributed by atoms with E-state index in [4.69, 9.17) is 0 Å². The van der Waals surface area contributed by atoms with E-state index in [-0.39, 0.29) is 0 Å². The third kappa shape index (κ3) is 4.11. The zero-order chi connectivity index (χ0) is 16.8. The highest BCUT2D eigenvalue weighted by Crippen LogP contribution is 2.14. The van der Waals surface area contributed by atoms with Crippen molar-refractivity contribution in [2.45, 2.75) is 52.6 Å². The Kier molecular flexibility index (Phi) is 5.79. The first-order valence-corrected chi connectivity index (χ1v) is 9.48. The number of fused-ring (bicyclic) bond motifs is 1. The standard InChI is InChI=1S/C16H25N7S/c1-3-12-10-19-15(24-12)7-8-18-16(17-4-2)20-11-14-22-21-13-6-5-9-23(13)14/h10H,3-9,11H2,1-2H3,(H2,17,18,20). The van der Waals surface area contributed by atoms with Gasteiger partial charge in [0.05, 0.1) is 5.01 Å². The second-order valence-electron chi connectivity index (χ2n) is 5.73. The van der Waals surface area contributed by atoms with Gasteiger partial charge in [0.1, 0.15) is 12.4 Å². The van der Waals surface area contributed by atoms with Gasteiger partial charge in [-0.3, -0.25) is 0 Å². The van der Waals surface area contributed by atoms with Crippen LogP contribution in [0.15, 0.2) is 11.2 Å². The maximum Gasteiger partial charge on any atom is 0.191 e. The number of thiazole rings is 1. The molecule has 0 spiro atoms. The lowest BCUT2D eigenvalue weighted by molar-refractivity contribution is 0.684. The Balaban J connectivity index is 1.53. The molecule has 24 heavy (non-hydrogen) atoms. The molecule has 2 aromatic heterocycles. The summed E-state index contributed by atoms with van der Waals surface area (Å²) < 4.78 is 2.19. The van der Waals surface area contributed by atoms with Crippen LogP contribution in [0.1, 0.15) is 41.8 Å². The average molecular weight is 347 g/mol. The lowest BCUT2D eigenvalue weighted by Crippen LogP contribution is -2.38. The van der Waals surface area contributed by atoms with Crippen LogP contribution in [0.2, 0.25) is 0 Å². The second-order valence-corrected chi connectivity index (χ2v) is 6.93. The van der Waals surface area contributed by atoms with Crippen molar-refractivity contribution in [1.82, 2.24) is 30.4 Å². The van der Waals surface area contributed by atoms with Crippen molar-refractivity contribution in [2.75, 3.05) is 13.1 Å². The van der Waals surface area contributed by atoms with Crippen LogP contribution in [-0.4, -0.2) is 38.8 Å². The number of hydrogen-bond donors (Lipinski definition) is 2. The van der Waals surface area contributed by atoms with Gasteiger partial charge in [-0.25, -0.2) is 9.98 Å². The molecule has 0 aliphatic carbocycles. The normalized spacial score (nSPS) is 14.0. The fraction of sp³-hybridized carbons (Fsp3) is 0.625. The molecule has 2 N–H and O–H groups in total. The number of nitrogens with zero attached hydrogens (tertiary/aromatic N) is 5. The predicted octanol–water partition coefficient (Wildman–Crippen LogP) is 1.54. The van der Waals surface area contributed by atoms with E-state index in [1.54, 1.807) is 11.3 Å². The molecular formula is C16H25N7S. The molecule has 0 bridgehead atoms. The second kappa shape index (κ2) is 8.23. The molecule has 130 valence electrons. The highest BCUT2D eigenvalue weighted by Gasteiger charge is 2.16. The maximum absolute atomic E-state index is 4.64. The lowest BCUT2D eigenvalue weighted by Gasteiger charge is -2.10. The van der Waals surface area contributed by atoms with Gasteiger partial charge >= 0.3 is 0 Å². The van der Waals surface area contributed by atoms with Crippen LogP contribution >= 0.6 is 11.3 Å². The number of nitrogens with one attached hydrogen (secondary N) is 2. The highest BCUT2D eigenvalue weighted by molar-refractivity contribution is 7.11. The van der Waals surface area contributed by atoms with E-state index >= 15 is 0 Å². The molecule has 0 atom stereocenters. The van der Waals surface area contributed by atoms with Gasteiger partial charge in [-0.15, -0.1) is 21.5 Å². The van der Waals surface area contributed by atoms with Gasteiger partial charge in [-0.05, 0) is 19.8 Å². The van der Waals surface area contributed by atoms with E-state index in [1.165, 1.54) is 9.88 Å². The Morgan fingerprint density at radius 1 is 1.33 bits per heavy atom. The van der Waals surface area contributed by atoms with E-state index in [0.29, 0.717) is 6.54 Å². The fourth-order valence-corrected chi connectivity index (χ4v) is 3.60. The first kappa shape index (κ1) is 16.9. The van der Waals surface area contributed by atoms with Crippen LogP contribution in [0.25, 0.3) is 0 Å². The van der Waals surface area contributed by atoms with Gasteiger partial charge in [0.15, 0.2) is 11.8 Å². The summed E-state index contributed by atoms with van der Waals surface area (Å²) in [5.41, 5.74) is 0. The topological polar surface area (TPSA) is 80.0 Å². The Bertz CT molecular complexity index is 688. The summed E-state index contributed by atoms with van der Waals surface area (Å²) in [4.78, 5) is 10.4. The molecule has 8 heteroatoms. The molecule has 1 aliphatic heterocycles. The predicted molar refractivity (Wildman–Crippen MR) is 96.4 cm³/mol. The number of aliphatic imine (C=N–C) groups is 1. The van der Waals surface area contributed by atoms with Crippen LogP contribution in [0, 0.1) is 0 Å². The van der Waals surface area contributed by atoms with Gasteiger partial charge in [0.2, 0.25) is 0 Å². The smallest absolute Gasteiger partial charge is 0.191 e. The van der Waals surface area contributed by atoms with Gasteiger partial charge in [-0.2, -0.15) is 0 Å². The van der Waals surface area contributed by atoms with Crippen molar-refractivity contribution in [2.24, 2.45) is 4.99 Å². The van der Waals surface area contributed by atoms with Gasteiger partial charge < -0.3 is 15.2 Å². The Hall–Kier alpha value is -1.96. The highest BCUT2D eigenvalue weighted by atomic mass is 32.1. The summed E-state index contributed by atoms with van der Waals surface area (Å²) >= 11 is 1.79. The summed E-state index contributed by atoms with van der Waals surface area (Å²) in [6.07, 6.45) is 6.13. The first-order valence-electron chi connectivity index (χ1n) is 8.66. The third-order valence-electron chi connectivity index (χ3n) is 3.99. The lowest BCUT2D eigenvalue weighted by atomic mass is 10.4. The molecule has 0 radical (unpaired) electrons. The van der Waals surface area contributed by atoms with Crippen molar-refractivity contribution < 1.29 is 0 Å². The zero-order valence-corrected chi connectivity index (χ0v) is 15.2. The maximum atomic E-state index is 4.64. The SMILES string of the molecule is CCNC(=NCc1nnc2n1CCC2)NCCc1ncc(CC)s1. The molecule has 0 saturated carbocycles. The van der Waals surface area contributed by atoms with Crippen LogP contribution < -0.4 is 10.6 Å². The Morgan fingerprint density at radius 3 is 3.04 bits per heavy atom. The molecule has 3 heterocycles. The van der Waals surface area contributed by atoms with Crippen LogP contribution in [0.4, 0.5) is 0 Å². The van der Waals surface area contributed by atoms with Crippen molar-refractivity contribution >= 4 is 17.3 Å². The quantitative estimate of drug-likeness (QED) is 0.587. The van der Waals surface area contributed by atoms with Crippen molar-refractivity contribution in [3.05, 3.63) is 27.7 Å². The minimum absolute atomic E-state index is 0.555. The number of rotatable bonds is 7. The Morgan fingerprint density at radius 2 is 2.25 bits per heavy atom. The molecule has 0 fully saturated rings. The van der Waals surface area contributed by atoms with Crippen LogP contribution in [-0.2, 0) is 32.4 Å². The first-order chi connectivity index (χ1) is 11.8. The average Bonchev–Trinajstić information content (AvgIpc) is 3.30. The largest absolute Gasteiger partial charge is 0.357 e. The van der Waals surface area contributed by atoms with Crippen molar-refractivity contribution in [1.29, 1.82) is 0 Å². The molecule has 0 saturated heterocycles. The number of hydrogen-bond acceptors (Lipinski definition) is 5. The van der Waals surface area contributed by atoms with E-state index in [9.17, 15) is 0 Å². The van der Waals surface area contributed by atoms with Crippen molar-refractivity contribution in [3.8, 4) is 0 Å². The molecule has 3 rings (SSSR count). The molecule has 7 nitrogen and oxygen atoms in total. The van der Waals surface area contributed by atoms with Crippen molar-refractivity contribution in [3.63, 3.8) is 0 Å². The van der Waals surface area contributed by atoms with E-state index in [1.807, 2.05) is 6.20 Å². The zero-order valence-electron chi connectivity index (χ0n) is 14.4. The minimum atomic E-state index is 0.555. The molecule has 0 aromatic carbocycles. The van der Waals surface area contributed by atoms with Crippen LogP contribution in [0.3, 0.4) is 0 Å². The molecule has 0 amide bonds. The van der Waals surface area contributed by atoms with Crippen LogP contribution in [0.5, 0.6) is 0 Å². The van der Waals surface area contributed by atoms with Gasteiger partial charge in [0, 0.05) is 43.5 Å². The number of aromatic nitrogens is 4. The molecular weight excluding hydrogens is 322 g/mol. The monoisotopic (exact) mass is 347 g/mol. The molecule has 0 unspecified atom stereocenters. The number of aryl methyl sites for hydroxylation is 2. The minimum Gasteiger partial charge on any atom is -0.357 e. The third-order valence-corrected chi connectivity index (χ3v) is 5.19. The Labute approximate surface area is 146 Å². The molecule has 2 aromatic rings. The van der Waals surface area contributed by atoms with E-state index in [2.05, 4.69) is 49.2 Å². The van der Waals surface area contributed by atoms with E-state index in [0.717, 1.165) is 62.9 Å². The summed E-state index contributed by atoms with van der Waals surface area (Å²) in [5, 5.41) is 16.3. The van der Waals surface area contributed by atoms with Gasteiger partial charge in [-0.1, -0.05) is 6.92 Å². The summed E-state index contributed by atoms with van der Waals surface area (Å²) in [5.74, 6) is 2.86. The van der Waals surface area contributed by atoms with E-state index < -0.39 is 0 Å². The number of guanidine groups is 1. The summed E-state index contributed by atoms with van der Waals surface area (Å²) in [6.45, 7) is 7.45.